The monoisotopic (exact) mass is 402 g/mol. The van der Waals surface area contributed by atoms with E-state index < -0.39 is 11.6 Å². The predicted molar refractivity (Wildman–Crippen MR) is 105 cm³/mol. The average molecular weight is 402 g/mol. The zero-order chi connectivity index (χ0) is 21.0. The third kappa shape index (κ3) is 4.92. The standard InChI is InChI=1S/C20H26N4O5/c21-18(22)14-3-5-15(6-4-14)19(28)23-10-7-20(8-11-23)13-24(16(25)12-29-20)9-1-2-17(26)27/h3-6H,1-2,7-13H2,(H3,21,22)(H,26,27). The number of rotatable bonds is 6. The van der Waals surface area contributed by atoms with Gasteiger partial charge in [0.25, 0.3) is 5.91 Å². The number of piperidine rings is 1. The number of carboxylic acid groups (broad SMARTS) is 1. The summed E-state index contributed by atoms with van der Waals surface area (Å²) in [6, 6.07) is 6.66. The molecule has 2 fully saturated rings. The molecule has 0 bridgehead atoms. The Bertz CT molecular complexity index is 800. The van der Waals surface area contributed by atoms with Crippen LogP contribution in [-0.2, 0) is 14.3 Å². The third-order valence-electron chi connectivity index (χ3n) is 5.56. The molecule has 29 heavy (non-hydrogen) atoms. The van der Waals surface area contributed by atoms with Crippen molar-refractivity contribution in [2.24, 2.45) is 5.73 Å². The topological polar surface area (TPSA) is 137 Å². The number of carbonyl (C=O) groups is 3. The molecule has 2 aliphatic heterocycles. The minimum absolute atomic E-state index is 0.00642. The molecule has 1 aromatic rings. The largest absolute Gasteiger partial charge is 0.481 e. The second-order valence-corrected chi connectivity index (χ2v) is 7.57. The Hall–Kier alpha value is -2.94. The highest BCUT2D eigenvalue weighted by atomic mass is 16.5. The summed E-state index contributed by atoms with van der Waals surface area (Å²) < 4.78 is 5.87. The summed E-state index contributed by atoms with van der Waals surface area (Å²) in [6.45, 7) is 1.87. The Morgan fingerprint density at radius 3 is 2.38 bits per heavy atom. The second-order valence-electron chi connectivity index (χ2n) is 7.57. The smallest absolute Gasteiger partial charge is 0.303 e. The summed E-state index contributed by atoms with van der Waals surface area (Å²) in [7, 11) is 0. The Labute approximate surface area is 168 Å². The highest BCUT2D eigenvalue weighted by Crippen LogP contribution is 2.31. The van der Waals surface area contributed by atoms with Gasteiger partial charge in [-0.05, 0) is 31.4 Å². The van der Waals surface area contributed by atoms with Crippen LogP contribution in [0.25, 0.3) is 0 Å². The van der Waals surface area contributed by atoms with E-state index in [0.717, 1.165) is 0 Å². The number of morpholine rings is 1. The van der Waals surface area contributed by atoms with Crippen molar-refractivity contribution in [2.75, 3.05) is 32.8 Å². The number of likely N-dealkylation sites (tertiary alicyclic amines) is 1. The number of nitrogen functional groups attached to an aromatic ring is 1. The van der Waals surface area contributed by atoms with Gasteiger partial charge in [-0.1, -0.05) is 12.1 Å². The van der Waals surface area contributed by atoms with E-state index in [1.165, 1.54) is 0 Å². The average Bonchev–Trinajstić information content (AvgIpc) is 2.71. The first-order valence-electron chi connectivity index (χ1n) is 9.67. The Balaban J connectivity index is 1.57. The number of carbonyl (C=O) groups excluding carboxylic acids is 2. The normalized spacial score (nSPS) is 18.7. The van der Waals surface area contributed by atoms with Crippen molar-refractivity contribution < 1.29 is 24.2 Å². The zero-order valence-electron chi connectivity index (χ0n) is 16.2. The molecule has 0 radical (unpaired) electrons. The molecule has 3 rings (SSSR count). The maximum atomic E-state index is 12.8. The second kappa shape index (κ2) is 8.60. The molecule has 0 atom stereocenters. The van der Waals surface area contributed by atoms with Crippen LogP contribution in [0.15, 0.2) is 24.3 Å². The Kier molecular flexibility index (Phi) is 6.17. The van der Waals surface area contributed by atoms with E-state index in [-0.39, 0.29) is 30.7 Å². The maximum Gasteiger partial charge on any atom is 0.303 e. The first-order valence-corrected chi connectivity index (χ1v) is 9.67. The molecule has 4 N–H and O–H groups in total. The van der Waals surface area contributed by atoms with Crippen LogP contribution in [0, 0.1) is 5.41 Å². The van der Waals surface area contributed by atoms with E-state index >= 15 is 0 Å². The molecule has 0 aromatic heterocycles. The summed E-state index contributed by atoms with van der Waals surface area (Å²) in [4.78, 5) is 39.0. The van der Waals surface area contributed by atoms with Gasteiger partial charge in [-0.3, -0.25) is 19.8 Å². The summed E-state index contributed by atoms with van der Waals surface area (Å²) in [5.41, 5.74) is 6.08. The third-order valence-corrected chi connectivity index (χ3v) is 5.56. The summed E-state index contributed by atoms with van der Waals surface area (Å²) in [5, 5.41) is 16.2. The summed E-state index contributed by atoms with van der Waals surface area (Å²) in [6.07, 6.45) is 1.68. The van der Waals surface area contributed by atoms with Crippen molar-refractivity contribution in [2.45, 2.75) is 31.3 Å². The number of nitrogens with zero attached hydrogens (tertiary/aromatic N) is 2. The molecule has 1 aromatic carbocycles. The first kappa shape index (κ1) is 20.8. The number of carboxylic acids is 1. The molecular weight excluding hydrogens is 376 g/mol. The van der Waals surface area contributed by atoms with Gasteiger partial charge in [0.2, 0.25) is 5.91 Å². The first-order chi connectivity index (χ1) is 13.8. The molecule has 0 unspecified atom stereocenters. The number of nitrogens with one attached hydrogen (secondary N) is 1. The molecular formula is C20H26N4O5. The van der Waals surface area contributed by atoms with E-state index in [4.69, 9.17) is 21.0 Å². The van der Waals surface area contributed by atoms with Gasteiger partial charge in [0.15, 0.2) is 0 Å². The highest BCUT2D eigenvalue weighted by molar-refractivity contribution is 5.98. The maximum absolute atomic E-state index is 12.8. The van der Waals surface area contributed by atoms with E-state index in [1.54, 1.807) is 34.1 Å². The van der Waals surface area contributed by atoms with Crippen LogP contribution in [0.1, 0.15) is 41.6 Å². The predicted octanol–water partition coefficient (Wildman–Crippen LogP) is 0.669. The van der Waals surface area contributed by atoms with Crippen LogP contribution in [0.3, 0.4) is 0 Å². The van der Waals surface area contributed by atoms with Crippen LogP contribution in [0.2, 0.25) is 0 Å². The van der Waals surface area contributed by atoms with E-state index in [2.05, 4.69) is 0 Å². The summed E-state index contributed by atoms with van der Waals surface area (Å²) >= 11 is 0. The highest BCUT2D eigenvalue weighted by Gasteiger charge is 2.42. The number of aliphatic carboxylic acids is 1. The van der Waals surface area contributed by atoms with Crippen molar-refractivity contribution in [3.63, 3.8) is 0 Å². The van der Waals surface area contributed by atoms with E-state index in [1.807, 2.05) is 0 Å². The lowest BCUT2D eigenvalue weighted by molar-refractivity contribution is -0.170. The van der Waals surface area contributed by atoms with Gasteiger partial charge < -0.3 is 25.4 Å². The number of nitrogens with two attached hydrogens (primary N) is 1. The number of benzene rings is 1. The van der Waals surface area contributed by atoms with Crippen LogP contribution < -0.4 is 5.73 Å². The number of ether oxygens (including phenoxy) is 1. The van der Waals surface area contributed by atoms with E-state index in [0.29, 0.717) is 56.6 Å². The van der Waals surface area contributed by atoms with Crippen molar-refractivity contribution >= 4 is 23.6 Å². The zero-order valence-corrected chi connectivity index (χ0v) is 16.2. The van der Waals surface area contributed by atoms with Gasteiger partial charge in [0, 0.05) is 43.7 Å². The molecule has 2 aliphatic rings. The van der Waals surface area contributed by atoms with Gasteiger partial charge in [-0.2, -0.15) is 0 Å². The number of hydrogen-bond donors (Lipinski definition) is 3. The Morgan fingerprint density at radius 1 is 1.17 bits per heavy atom. The number of amides is 2. The minimum Gasteiger partial charge on any atom is -0.481 e. The van der Waals surface area contributed by atoms with Crippen LogP contribution in [-0.4, -0.2) is 76.9 Å². The molecule has 0 saturated carbocycles. The summed E-state index contributed by atoms with van der Waals surface area (Å²) in [5.74, 6) is -1.12. The molecule has 156 valence electrons. The van der Waals surface area contributed by atoms with Gasteiger partial charge >= 0.3 is 5.97 Å². The molecule has 2 saturated heterocycles. The fourth-order valence-corrected chi connectivity index (χ4v) is 3.81. The van der Waals surface area contributed by atoms with Gasteiger partial charge in [-0.15, -0.1) is 0 Å². The minimum atomic E-state index is -0.872. The van der Waals surface area contributed by atoms with Crippen LogP contribution in [0.5, 0.6) is 0 Å². The van der Waals surface area contributed by atoms with Crippen LogP contribution in [0.4, 0.5) is 0 Å². The fraction of sp³-hybridized carbons (Fsp3) is 0.500. The van der Waals surface area contributed by atoms with Crippen molar-refractivity contribution in [1.82, 2.24) is 9.80 Å². The number of hydrogen-bond acceptors (Lipinski definition) is 5. The lowest BCUT2D eigenvalue weighted by atomic mass is 9.88. The van der Waals surface area contributed by atoms with E-state index in [9.17, 15) is 14.4 Å². The quantitative estimate of drug-likeness (QED) is 0.472. The van der Waals surface area contributed by atoms with Crippen molar-refractivity contribution in [3.8, 4) is 0 Å². The van der Waals surface area contributed by atoms with Crippen LogP contribution >= 0.6 is 0 Å². The lowest BCUT2D eigenvalue weighted by Crippen LogP contribution is -2.59. The molecule has 1 spiro atoms. The molecule has 9 nitrogen and oxygen atoms in total. The fourth-order valence-electron chi connectivity index (χ4n) is 3.81. The number of amidine groups is 1. The lowest BCUT2D eigenvalue weighted by Gasteiger charge is -2.47. The van der Waals surface area contributed by atoms with Crippen molar-refractivity contribution in [1.29, 1.82) is 5.41 Å². The van der Waals surface area contributed by atoms with Gasteiger partial charge in [0.1, 0.15) is 12.4 Å². The SMILES string of the molecule is N=C(N)c1ccc(C(=O)N2CCC3(CC2)CN(CCCC(=O)O)C(=O)CO3)cc1. The molecule has 2 heterocycles. The molecule has 0 aliphatic carbocycles. The van der Waals surface area contributed by atoms with Crippen molar-refractivity contribution in [3.05, 3.63) is 35.4 Å². The van der Waals surface area contributed by atoms with Gasteiger partial charge in [-0.25, -0.2) is 0 Å². The molecule has 2 amide bonds. The Morgan fingerprint density at radius 2 is 1.79 bits per heavy atom. The molecule has 9 heteroatoms. The van der Waals surface area contributed by atoms with Gasteiger partial charge in [0.05, 0.1) is 5.60 Å².